The molecule has 1 saturated heterocycles. The Bertz CT molecular complexity index is 1370. The minimum Gasteiger partial charge on any atom is -0.454 e. The first-order valence-electron chi connectivity index (χ1n) is 12.6. The topological polar surface area (TPSA) is 67.8 Å². The molecule has 0 N–H and O–H groups in total. The minimum atomic E-state index is -0.663. The standard InChI is InChI=1S/C28H30N4O3/c1-26(2)27(3)9-10-28(26,25(33)32-13-11-31(12-14-32)18-7-5-4-6-8-18)24-23(27)29-19-15-21-22(35-17-34-21)16-20(19)30-24/h4-8,15-16H,9-14,17H2,1-3H3. The monoisotopic (exact) mass is 470 g/mol. The highest BCUT2D eigenvalue weighted by Crippen LogP contribution is 2.70. The zero-order chi connectivity index (χ0) is 24.0. The molecule has 2 unspecified atom stereocenters. The van der Waals surface area contributed by atoms with E-state index in [1.54, 1.807) is 0 Å². The van der Waals surface area contributed by atoms with E-state index in [2.05, 4.69) is 54.8 Å². The van der Waals surface area contributed by atoms with Crippen LogP contribution in [0.25, 0.3) is 11.0 Å². The molecule has 1 aromatic heterocycles. The number of carbonyl (C=O) groups is 1. The molecule has 2 aromatic carbocycles. The van der Waals surface area contributed by atoms with E-state index in [9.17, 15) is 4.79 Å². The van der Waals surface area contributed by atoms with Crippen LogP contribution in [-0.4, -0.2) is 53.7 Å². The lowest BCUT2D eigenvalue weighted by Crippen LogP contribution is -2.57. The highest BCUT2D eigenvalue weighted by molar-refractivity contribution is 5.93. The highest BCUT2D eigenvalue weighted by atomic mass is 16.7. The van der Waals surface area contributed by atoms with E-state index >= 15 is 0 Å². The molecule has 3 aromatic rings. The summed E-state index contributed by atoms with van der Waals surface area (Å²) >= 11 is 0. The van der Waals surface area contributed by atoms with Crippen molar-refractivity contribution in [2.45, 2.75) is 44.4 Å². The summed E-state index contributed by atoms with van der Waals surface area (Å²) in [5.74, 6) is 1.62. The number of hydrogen-bond donors (Lipinski definition) is 0. The second-order valence-electron chi connectivity index (χ2n) is 11.1. The third-order valence-corrected chi connectivity index (χ3v) is 9.59. The molecule has 1 saturated carbocycles. The molecule has 7 rings (SSSR count). The van der Waals surface area contributed by atoms with Gasteiger partial charge in [-0.3, -0.25) is 4.79 Å². The molecule has 1 amide bonds. The van der Waals surface area contributed by atoms with Crippen LogP contribution >= 0.6 is 0 Å². The van der Waals surface area contributed by atoms with E-state index < -0.39 is 5.41 Å². The Labute approximate surface area is 205 Å². The number of para-hydroxylation sites is 1. The average molecular weight is 471 g/mol. The zero-order valence-electron chi connectivity index (χ0n) is 20.5. The number of anilines is 1. The van der Waals surface area contributed by atoms with Crippen molar-refractivity contribution in [3.05, 3.63) is 53.9 Å². The summed E-state index contributed by atoms with van der Waals surface area (Å²) in [5, 5.41) is 0. The fourth-order valence-electron chi connectivity index (χ4n) is 7.04. The first kappa shape index (κ1) is 21.0. The van der Waals surface area contributed by atoms with Gasteiger partial charge in [-0.1, -0.05) is 39.0 Å². The second-order valence-corrected chi connectivity index (χ2v) is 11.1. The maximum absolute atomic E-state index is 14.5. The maximum Gasteiger partial charge on any atom is 0.235 e. The molecule has 4 aliphatic rings. The molecule has 0 radical (unpaired) electrons. The first-order valence-corrected chi connectivity index (χ1v) is 12.6. The van der Waals surface area contributed by atoms with Gasteiger partial charge in [0.15, 0.2) is 11.5 Å². The summed E-state index contributed by atoms with van der Waals surface area (Å²) in [7, 11) is 0. The number of piperazine rings is 1. The molecule has 7 nitrogen and oxygen atoms in total. The van der Waals surface area contributed by atoms with Gasteiger partial charge in [0.05, 0.1) is 27.8 Å². The molecule has 7 heteroatoms. The fourth-order valence-corrected chi connectivity index (χ4v) is 7.04. The smallest absolute Gasteiger partial charge is 0.235 e. The van der Waals surface area contributed by atoms with Crippen molar-refractivity contribution in [2.24, 2.45) is 5.41 Å². The highest BCUT2D eigenvalue weighted by Gasteiger charge is 2.73. The largest absolute Gasteiger partial charge is 0.454 e. The van der Waals surface area contributed by atoms with Crippen molar-refractivity contribution in [2.75, 3.05) is 37.9 Å². The second kappa shape index (κ2) is 6.86. The molecule has 2 bridgehead atoms. The van der Waals surface area contributed by atoms with Crippen LogP contribution < -0.4 is 14.4 Å². The molecular formula is C28H30N4O3. The van der Waals surface area contributed by atoms with Gasteiger partial charge in [-0.05, 0) is 30.4 Å². The van der Waals surface area contributed by atoms with Crippen molar-refractivity contribution < 1.29 is 14.3 Å². The quantitative estimate of drug-likeness (QED) is 0.563. The number of amides is 1. The predicted octanol–water partition coefficient (Wildman–Crippen LogP) is 4.04. The number of rotatable bonds is 2. The van der Waals surface area contributed by atoms with Crippen LogP contribution in [0.3, 0.4) is 0 Å². The zero-order valence-corrected chi connectivity index (χ0v) is 20.5. The molecular weight excluding hydrogens is 440 g/mol. The van der Waals surface area contributed by atoms with Crippen LogP contribution in [-0.2, 0) is 15.6 Å². The summed E-state index contributed by atoms with van der Waals surface area (Å²) in [4.78, 5) is 29.2. The first-order chi connectivity index (χ1) is 16.8. The van der Waals surface area contributed by atoms with Gasteiger partial charge in [-0.25, -0.2) is 9.97 Å². The Morgan fingerprint density at radius 3 is 2.14 bits per heavy atom. The van der Waals surface area contributed by atoms with Crippen LogP contribution in [0, 0.1) is 5.41 Å². The van der Waals surface area contributed by atoms with Crippen LogP contribution in [0.4, 0.5) is 5.69 Å². The summed E-state index contributed by atoms with van der Waals surface area (Å²) < 4.78 is 11.2. The van der Waals surface area contributed by atoms with Crippen molar-refractivity contribution in [1.82, 2.24) is 14.9 Å². The van der Waals surface area contributed by atoms with Crippen LogP contribution in [0.15, 0.2) is 42.5 Å². The summed E-state index contributed by atoms with van der Waals surface area (Å²) in [5.41, 5.74) is 3.48. The normalized spacial score (nSPS) is 28.0. The van der Waals surface area contributed by atoms with Gasteiger partial charge in [0, 0.05) is 49.4 Å². The predicted molar refractivity (Wildman–Crippen MR) is 133 cm³/mol. The lowest BCUT2D eigenvalue weighted by atomic mass is 9.63. The van der Waals surface area contributed by atoms with Gasteiger partial charge in [0.1, 0.15) is 0 Å². The molecule has 180 valence electrons. The van der Waals surface area contributed by atoms with Gasteiger partial charge < -0.3 is 19.3 Å². The molecule has 2 fully saturated rings. The van der Waals surface area contributed by atoms with Gasteiger partial charge in [-0.15, -0.1) is 0 Å². The van der Waals surface area contributed by atoms with E-state index in [0.717, 1.165) is 61.4 Å². The fraction of sp³-hybridized carbons (Fsp3) is 0.464. The number of nitrogens with zero attached hydrogens (tertiary/aromatic N) is 4. The van der Waals surface area contributed by atoms with Crippen LogP contribution in [0.2, 0.25) is 0 Å². The van der Waals surface area contributed by atoms with Gasteiger partial charge >= 0.3 is 0 Å². The number of benzene rings is 2. The SMILES string of the molecule is CC12CCC(C(=O)N3CCN(c4ccccc4)CC3)(c3nc4cc5c(cc4nc31)OCO5)C2(C)C. The van der Waals surface area contributed by atoms with Gasteiger partial charge in [-0.2, -0.15) is 0 Å². The number of carbonyl (C=O) groups excluding carboxylic acids is 1. The Balaban J connectivity index is 1.28. The summed E-state index contributed by atoms with van der Waals surface area (Å²) in [6.45, 7) is 10.1. The Hall–Kier alpha value is -3.35. The van der Waals surface area contributed by atoms with Gasteiger partial charge in [0.25, 0.3) is 0 Å². The summed E-state index contributed by atoms with van der Waals surface area (Å²) in [6.07, 6.45) is 1.75. The van der Waals surface area contributed by atoms with E-state index in [1.807, 2.05) is 18.2 Å². The molecule has 2 aliphatic heterocycles. The Morgan fingerprint density at radius 1 is 0.857 bits per heavy atom. The number of fused-ring (bicyclic) bond motifs is 7. The average Bonchev–Trinajstić information content (AvgIpc) is 3.46. The van der Waals surface area contributed by atoms with E-state index in [0.29, 0.717) is 11.5 Å². The third-order valence-electron chi connectivity index (χ3n) is 9.59. The van der Waals surface area contributed by atoms with E-state index in [-0.39, 0.29) is 23.5 Å². The molecule has 2 aliphatic carbocycles. The summed E-state index contributed by atoms with van der Waals surface area (Å²) in [6, 6.07) is 14.3. The lowest BCUT2D eigenvalue weighted by molar-refractivity contribution is -0.141. The minimum absolute atomic E-state index is 0.207. The number of ether oxygens (including phenoxy) is 2. The number of hydrogen-bond acceptors (Lipinski definition) is 6. The number of aromatic nitrogens is 2. The Kier molecular flexibility index (Phi) is 4.11. The Morgan fingerprint density at radius 2 is 1.49 bits per heavy atom. The van der Waals surface area contributed by atoms with E-state index in [4.69, 9.17) is 19.4 Å². The van der Waals surface area contributed by atoms with Crippen molar-refractivity contribution >= 4 is 22.6 Å². The van der Waals surface area contributed by atoms with E-state index in [1.165, 1.54) is 5.69 Å². The maximum atomic E-state index is 14.5. The van der Waals surface area contributed by atoms with Gasteiger partial charge in [0.2, 0.25) is 12.7 Å². The third kappa shape index (κ3) is 2.53. The van der Waals surface area contributed by atoms with Crippen LogP contribution in [0.1, 0.15) is 45.0 Å². The molecule has 0 spiro atoms. The van der Waals surface area contributed by atoms with Crippen LogP contribution in [0.5, 0.6) is 11.5 Å². The van der Waals surface area contributed by atoms with Crippen molar-refractivity contribution in [3.63, 3.8) is 0 Å². The molecule has 2 atom stereocenters. The van der Waals surface area contributed by atoms with Crippen molar-refractivity contribution in [1.29, 1.82) is 0 Å². The molecule has 3 heterocycles. The van der Waals surface area contributed by atoms with Crippen molar-refractivity contribution in [3.8, 4) is 11.5 Å². The lowest BCUT2D eigenvalue weighted by Gasteiger charge is -2.44. The molecule has 35 heavy (non-hydrogen) atoms.